The molecule has 25 heavy (non-hydrogen) atoms. The molecule has 4 aliphatic carbocycles. The van der Waals surface area contributed by atoms with Crippen molar-refractivity contribution in [3.8, 4) is 0 Å². The standard InChI is InChI=1S/C21H30O4/c1-19-8-5-14(23)11-13(19)3-4-16-15(19)6-9-20(2)17(18(24)12-22)7-10-21(16,20)25/h11,15-17,22,25H,3-10,12H2,1-2H3/t15-,16+,17+,19-,20+,21?/m0/s1. The molecular weight excluding hydrogens is 316 g/mol. The molecule has 4 rings (SSSR count). The molecule has 0 amide bonds. The molecule has 0 heterocycles. The molecule has 1 unspecified atom stereocenters. The van der Waals surface area contributed by atoms with Crippen molar-refractivity contribution < 1.29 is 19.8 Å². The Morgan fingerprint density at radius 2 is 1.88 bits per heavy atom. The first-order chi connectivity index (χ1) is 11.8. The second kappa shape index (κ2) is 5.50. The van der Waals surface area contributed by atoms with E-state index in [2.05, 4.69) is 13.8 Å². The van der Waals surface area contributed by atoms with Crippen molar-refractivity contribution in [1.82, 2.24) is 0 Å². The Bertz CT molecular complexity index is 652. The number of aliphatic hydroxyl groups is 2. The van der Waals surface area contributed by atoms with Gasteiger partial charge in [0, 0.05) is 17.8 Å². The highest BCUT2D eigenvalue weighted by Gasteiger charge is 2.67. The Kier molecular flexibility index (Phi) is 3.83. The Morgan fingerprint density at radius 1 is 1.12 bits per heavy atom. The first-order valence-corrected chi connectivity index (χ1v) is 9.86. The van der Waals surface area contributed by atoms with Gasteiger partial charge in [-0.1, -0.05) is 19.4 Å². The van der Waals surface area contributed by atoms with Crippen LogP contribution in [0.2, 0.25) is 0 Å². The largest absolute Gasteiger partial charge is 0.389 e. The zero-order valence-electron chi connectivity index (χ0n) is 15.4. The van der Waals surface area contributed by atoms with Crippen molar-refractivity contribution in [1.29, 1.82) is 0 Å². The van der Waals surface area contributed by atoms with Crippen LogP contribution in [0.5, 0.6) is 0 Å². The van der Waals surface area contributed by atoms with Crippen LogP contribution >= 0.6 is 0 Å². The first-order valence-electron chi connectivity index (χ1n) is 9.86. The minimum atomic E-state index is -0.818. The van der Waals surface area contributed by atoms with E-state index in [0.29, 0.717) is 25.2 Å². The third kappa shape index (κ3) is 2.13. The van der Waals surface area contributed by atoms with E-state index < -0.39 is 17.6 Å². The van der Waals surface area contributed by atoms with Gasteiger partial charge in [-0.2, -0.15) is 0 Å². The predicted molar refractivity (Wildman–Crippen MR) is 93.8 cm³/mol. The fourth-order valence-electron chi connectivity index (χ4n) is 7.16. The molecule has 0 radical (unpaired) electrons. The average Bonchev–Trinajstić information content (AvgIpc) is 2.86. The van der Waals surface area contributed by atoms with E-state index in [-0.39, 0.29) is 28.8 Å². The van der Waals surface area contributed by atoms with Crippen molar-refractivity contribution in [2.45, 2.75) is 70.8 Å². The first kappa shape index (κ1) is 17.4. The number of hydrogen-bond donors (Lipinski definition) is 2. The molecule has 0 aromatic rings. The number of Topliss-reactive ketones (excluding diaryl/α,β-unsaturated/α-hetero) is 1. The van der Waals surface area contributed by atoms with Crippen molar-refractivity contribution >= 4 is 11.6 Å². The number of ketones is 2. The van der Waals surface area contributed by atoms with Gasteiger partial charge in [-0.3, -0.25) is 9.59 Å². The maximum Gasteiger partial charge on any atom is 0.161 e. The summed E-state index contributed by atoms with van der Waals surface area (Å²) >= 11 is 0. The maximum absolute atomic E-state index is 12.3. The van der Waals surface area contributed by atoms with Crippen LogP contribution in [0.1, 0.15) is 65.2 Å². The van der Waals surface area contributed by atoms with Crippen molar-refractivity contribution in [3.63, 3.8) is 0 Å². The van der Waals surface area contributed by atoms with Crippen LogP contribution in [-0.2, 0) is 9.59 Å². The van der Waals surface area contributed by atoms with E-state index in [0.717, 1.165) is 32.1 Å². The van der Waals surface area contributed by atoms with Crippen LogP contribution in [0.3, 0.4) is 0 Å². The predicted octanol–water partition coefficient (Wildman–Crippen LogP) is 2.81. The summed E-state index contributed by atoms with van der Waals surface area (Å²) in [6.07, 6.45) is 8.37. The molecule has 0 spiro atoms. The second-order valence-electron chi connectivity index (χ2n) is 9.40. The SMILES string of the molecule is C[C@]12CCC(=O)C=C1CC[C@@H]1[C@@H]2CC[C@]2(C)[C@@H](C(=O)CO)CCC12O. The topological polar surface area (TPSA) is 74.6 Å². The minimum absolute atomic E-state index is 0.0208. The number of rotatable bonds is 2. The number of carbonyl (C=O) groups is 2. The van der Waals surface area contributed by atoms with Gasteiger partial charge in [0.1, 0.15) is 6.61 Å². The molecular formula is C21H30O4. The van der Waals surface area contributed by atoms with Crippen LogP contribution in [-0.4, -0.2) is 34.0 Å². The zero-order chi connectivity index (χ0) is 18.0. The summed E-state index contributed by atoms with van der Waals surface area (Å²) in [6.45, 7) is 3.95. The fourth-order valence-corrected chi connectivity index (χ4v) is 7.16. The number of fused-ring (bicyclic) bond motifs is 5. The van der Waals surface area contributed by atoms with E-state index in [1.165, 1.54) is 5.57 Å². The molecule has 0 saturated heterocycles. The highest BCUT2D eigenvalue weighted by Crippen LogP contribution is 2.68. The molecule has 0 aromatic carbocycles. The molecule has 2 N–H and O–H groups in total. The molecule has 138 valence electrons. The van der Waals surface area contributed by atoms with Gasteiger partial charge in [0.2, 0.25) is 0 Å². The van der Waals surface area contributed by atoms with Crippen LogP contribution in [0.25, 0.3) is 0 Å². The Hall–Kier alpha value is -1.00. The van der Waals surface area contributed by atoms with E-state index in [4.69, 9.17) is 0 Å². The maximum atomic E-state index is 12.3. The van der Waals surface area contributed by atoms with Crippen molar-refractivity contribution in [2.75, 3.05) is 6.61 Å². The molecule has 4 aliphatic rings. The molecule has 4 heteroatoms. The van der Waals surface area contributed by atoms with Crippen molar-refractivity contribution in [2.24, 2.45) is 28.6 Å². The van der Waals surface area contributed by atoms with Crippen LogP contribution in [0.15, 0.2) is 11.6 Å². The Balaban J connectivity index is 1.71. The van der Waals surface area contributed by atoms with Gasteiger partial charge in [-0.25, -0.2) is 0 Å². The summed E-state index contributed by atoms with van der Waals surface area (Å²) in [4.78, 5) is 24.2. The van der Waals surface area contributed by atoms with Gasteiger partial charge in [0.15, 0.2) is 11.6 Å². The lowest BCUT2D eigenvalue weighted by Gasteiger charge is -2.61. The summed E-state index contributed by atoms with van der Waals surface area (Å²) in [7, 11) is 0. The lowest BCUT2D eigenvalue weighted by atomic mass is 9.45. The minimum Gasteiger partial charge on any atom is -0.389 e. The van der Waals surface area contributed by atoms with E-state index in [1.54, 1.807) is 0 Å². The summed E-state index contributed by atoms with van der Waals surface area (Å²) in [6, 6.07) is 0. The van der Waals surface area contributed by atoms with Gasteiger partial charge < -0.3 is 10.2 Å². The van der Waals surface area contributed by atoms with E-state index >= 15 is 0 Å². The molecule has 0 aromatic heterocycles. The van der Waals surface area contributed by atoms with Gasteiger partial charge in [-0.05, 0) is 68.3 Å². The lowest BCUT2D eigenvalue weighted by molar-refractivity contribution is -0.186. The highest BCUT2D eigenvalue weighted by molar-refractivity contribution is 5.91. The van der Waals surface area contributed by atoms with Crippen LogP contribution < -0.4 is 0 Å². The Morgan fingerprint density at radius 3 is 2.60 bits per heavy atom. The quantitative estimate of drug-likeness (QED) is 0.806. The van der Waals surface area contributed by atoms with Gasteiger partial charge >= 0.3 is 0 Å². The molecule has 0 aliphatic heterocycles. The normalized spacial score (nSPS) is 49.0. The number of aliphatic hydroxyl groups excluding tert-OH is 1. The van der Waals surface area contributed by atoms with Crippen LogP contribution in [0, 0.1) is 28.6 Å². The number of hydrogen-bond acceptors (Lipinski definition) is 4. The van der Waals surface area contributed by atoms with E-state index in [1.807, 2.05) is 6.08 Å². The average molecular weight is 346 g/mol. The second-order valence-corrected chi connectivity index (χ2v) is 9.40. The van der Waals surface area contributed by atoms with Gasteiger partial charge in [0.25, 0.3) is 0 Å². The molecule has 3 fully saturated rings. The van der Waals surface area contributed by atoms with Crippen molar-refractivity contribution in [3.05, 3.63) is 11.6 Å². The summed E-state index contributed by atoms with van der Waals surface area (Å²) in [5, 5.41) is 21.2. The van der Waals surface area contributed by atoms with Gasteiger partial charge in [0.05, 0.1) is 5.60 Å². The van der Waals surface area contributed by atoms with Crippen LogP contribution in [0.4, 0.5) is 0 Å². The van der Waals surface area contributed by atoms with Gasteiger partial charge in [-0.15, -0.1) is 0 Å². The number of allylic oxidation sites excluding steroid dienone is 1. The molecule has 6 atom stereocenters. The van der Waals surface area contributed by atoms with E-state index in [9.17, 15) is 19.8 Å². The molecule has 4 nitrogen and oxygen atoms in total. The molecule has 3 saturated carbocycles. The summed E-state index contributed by atoms with van der Waals surface area (Å²) in [5.74, 6) is 0.503. The summed E-state index contributed by atoms with van der Waals surface area (Å²) < 4.78 is 0. The summed E-state index contributed by atoms with van der Waals surface area (Å²) in [5.41, 5.74) is 0.0721. The zero-order valence-corrected chi connectivity index (χ0v) is 15.4. The highest BCUT2D eigenvalue weighted by atomic mass is 16.3. The third-order valence-corrected chi connectivity index (χ3v) is 8.69. The third-order valence-electron chi connectivity index (χ3n) is 8.69. The fraction of sp³-hybridized carbons (Fsp3) is 0.810. The Labute approximate surface area is 149 Å². The molecule has 0 bridgehead atoms. The number of carbonyl (C=O) groups excluding carboxylic acids is 2. The smallest absolute Gasteiger partial charge is 0.161 e. The monoisotopic (exact) mass is 346 g/mol. The lowest BCUT2D eigenvalue weighted by Crippen LogP contribution is -2.61.